The van der Waals surface area contributed by atoms with Gasteiger partial charge in [-0.15, -0.1) is 0 Å². The summed E-state index contributed by atoms with van der Waals surface area (Å²) in [4.78, 5) is 19.9. The average molecular weight is 438 g/mol. The molecule has 1 saturated heterocycles. The molecule has 1 amide bonds. The van der Waals surface area contributed by atoms with Crippen molar-refractivity contribution in [3.05, 3.63) is 54.4 Å². The summed E-state index contributed by atoms with van der Waals surface area (Å²) in [6.07, 6.45) is 2.64. The molecule has 3 rings (SSSR count). The van der Waals surface area contributed by atoms with E-state index >= 15 is 0 Å². The van der Waals surface area contributed by atoms with E-state index in [0.29, 0.717) is 18.5 Å². The van der Waals surface area contributed by atoms with Crippen LogP contribution in [0.5, 0.6) is 0 Å². The van der Waals surface area contributed by atoms with E-state index in [2.05, 4.69) is 20.0 Å². The third-order valence-corrected chi connectivity index (χ3v) is 6.25. The van der Waals surface area contributed by atoms with E-state index in [0.717, 1.165) is 12.1 Å². The van der Waals surface area contributed by atoms with Gasteiger partial charge in [-0.2, -0.15) is 0 Å². The molecule has 9 nitrogen and oxygen atoms in total. The molecule has 0 unspecified atom stereocenters. The molecule has 0 aliphatic carbocycles. The summed E-state index contributed by atoms with van der Waals surface area (Å²) < 4.78 is 46.3. The van der Waals surface area contributed by atoms with Gasteiger partial charge in [-0.3, -0.25) is 4.79 Å². The summed E-state index contributed by atoms with van der Waals surface area (Å²) in [5.41, 5.74) is 0.673. The second kappa shape index (κ2) is 10.0. The second-order valence-corrected chi connectivity index (χ2v) is 8.63. The van der Waals surface area contributed by atoms with Gasteiger partial charge in [0.05, 0.1) is 48.4 Å². The molecular weight excluding hydrogens is 415 g/mol. The van der Waals surface area contributed by atoms with Crippen LogP contribution in [0.15, 0.2) is 47.8 Å². The Kier molecular flexibility index (Phi) is 7.43. The molecule has 1 aromatic carbocycles. The predicted molar refractivity (Wildman–Crippen MR) is 104 cm³/mol. The molecular formula is C19H23FN4O5S. The highest BCUT2D eigenvalue weighted by atomic mass is 32.2. The first-order valence-corrected chi connectivity index (χ1v) is 10.9. The summed E-state index contributed by atoms with van der Waals surface area (Å²) in [7, 11) is -3.90. The maximum absolute atomic E-state index is 13.0. The third-order valence-electron chi connectivity index (χ3n) is 4.75. The van der Waals surface area contributed by atoms with Crippen LogP contribution in [-0.2, 0) is 26.1 Å². The zero-order chi connectivity index (χ0) is 21.6. The number of sulfonamides is 1. The Bertz CT molecular complexity index is 943. The van der Waals surface area contributed by atoms with Crippen LogP contribution in [-0.4, -0.2) is 54.3 Å². The van der Waals surface area contributed by atoms with Crippen molar-refractivity contribution in [2.24, 2.45) is 0 Å². The lowest BCUT2D eigenvalue weighted by molar-refractivity contribution is -0.130. The lowest BCUT2D eigenvalue weighted by atomic mass is 9.98. The standard InChI is InChI=1S/C19H23FN4O5S/c20-13-1-4-16(5-2-13)30(27,28)24-17-6-3-15(29-18(17)11-25)9-19(26)22-10-14-7-8-21-12-23-14/h1-2,4-5,7-8,12,15,17-18,24-25H,3,6,9-11H2,(H,22,26)/t15-,17-,18+/m0/s1. The number of aliphatic hydroxyl groups excluding tert-OH is 1. The molecule has 1 aromatic heterocycles. The van der Waals surface area contributed by atoms with E-state index in [4.69, 9.17) is 4.74 Å². The number of ether oxygens (including phenoxy) is 1. The number of nitrogens with zero attached hydrogens (tertiary/aromatic N) is 2. The number of halogens is 1. The third kappa shape index (κ3) is 6.02. The highest BCUT2D eigenvalue weighted by Crippen LogP contribution is 2.23. The number of rotatable bonds is 8. The molecule has 2 aromatic rings. The first kappa shape index (κ1) is 22.2. The molecule has 162 valence electrons. The van der Waals surface area contributed by atoms with Gasteiger partial charge in [0, 0.05) is 6.20 Å². The fourth-order valence-electron chi connectivity index (χ4n) is 3.19. The lowest BCUT2D eigenvalue weighted by Crippen LogP contribution is -2.51. The van der Waals surface area contributed by atoms with Gasteiger partial charge in [0.2, 0.25) is 15.9 Å². The molecule has 3 N–H and O–H groups in total. The molecule has 1 aliphatic heterocycles. The van der Waals surface area contributed by atoms with E-state index in [-0.39, 0.29) is 23.8 Å². The molecule has 0 spiro atoms. The van der Waals surface area contributed by atoms with E-state index in [1.54, 1.807) is 12.3 Å². The second-order valence-electron chi connectivity index (χ2n) is 6.92. The van der Waals surface area contributed by atoms with Crippen molar-refractivity contribution in [3.8, 4) is 0 Å². The van der Waals surface area contributed by atoms with Crippen LogP contribution in [0.4, 0.5) is 4.39 Å². The lowest BCUT2D eigenvalue weighted by Gasteiger charge is -2.35. The van der Waals surface area contributed by atoms with Crippen LogP contribution >= 0.6 is 0 Å². The zero-order valence-electron chi connectivity index (χ0n) is 16.1. The van der Waals surface area contributed by atoms with E-state index in [1.807, 2.05) is 0 Å². The molecule has 0 radical (unpaired) electrons. The van der Waals surface area contributed by atoms with Crippen LogP contribution in [0, 0.1) is 5.82 Å². The van der Waals surface area contributed by atoms with Crippen molar-refractivity contribution in [3.63, 3.8) is 0 Å². The Morgan fingerprint density at radius 1 is 1.23 bits per heavy atom. The molecule has 1 aliphatic rings. The number of aliphatic hydroxyl groups is 1. The first-order valence-electron chi connectivity index (χ1n) is 9.43. The highest BCUT2D eigenvalue weighted by Gasteiger charge is 2.34. The Labute approximate surface area is 173 Å². The van der Waals surface area contributed by atoms with Crippen molar-refractivity contribution in [2.75, 3.05) is 6.61 Å². The molecule has 0 bridgehead atoms. The molecule has 30 heavy (non-hydrogen) atoms. The summed E-state index contributed by atoms with van der Waals surface area (Å²) in [5, 5.41) is 12.4. The largest absolute Gasteiger partial charge is 0.394 e. The summed E-state index contributed by atoms with van der Waals surface area (Å²) >= 11 is 0. The molecule has 2 heterocycles. The van der Waals surface area contributed by atoms with E-state index in [9.17, 15) is 22.7 Å². The summed E-state index contributed by atoms with van der Waals surface area (Å²) in [6, 6.07) is 5.49. The fourth-order valence-corrected chi connectivity index (χ4v) is 4.49. The minimum Gasteiger partial charge on any atom is -0.394 e. The normalized spacial score (nSPS) is 21.9. The van der Waals surface area contributed by atoms with Crippen molar-refractivity contribution in [2.45, 2.75) is 49.0 Å². The number of aromatic nitrogens is 2. The zero-order valence-corrected chi connectivity index (χ0v) is 16.9. The topological polar surface area (TPSA) is 131 Å². The van der Waals surface area contributed by atoms with Gasteiger partial charge >= 0.3 is 0 Å². The summed E-state index contributed by atoms with van der Waals surface area (Å²) in [5.74, 6) is -0.773. The molecule has 3 atom stereocenters. The smallest absolute Gasteiger partial charge is 0.240 e. The van der Waals surface area contributed by atoms with Crippen LogP contribution in [0.3, 0.4) is 0 Å². The SMILES string of the molecule is O=C(C[C@@H]1CC[C@H](NS(=O)(=O)c2ccc(F)cc2)[C@@H](CO)O1)NCc1ccncn1. The van der Waals surface area contributed by atoms with Gasteiger partial charge in [-0.1, -0.05) is 0 Å². The maximum atomic E-state index is 13.0. The Hall–Kier alpha value is -2.47. The van der Waals surface area contributed by atoms with Crippen molar-refractivity contribution in [1.29, 1.82) is 0 Å². The number of hydrogen-bond donors (Lipinski definition) is 3. The van der Waals surface area contributed by atoms with Crippen LogP contribution < -0.4 is 10.0 Å². The monoisotopic (exact) mass is 438 g/mol. The molecule has 1 fully saturated rings. The quantitative estimate of drug-likeness (QED) is 0.547. The fraction of sp³-hybridized carbons (Fsp3) is 0.421. The van der Waals surface area contributed by atoms with Gasteiger partial charge in [-0.25, -0.2) is 27.5 Å². The molecule has 11 heteroatoms. The highest BCUT2D eigenvalue weighted by molar-refractivity contribution is 7.89. The number of benzene rings is 1. The van der Waals surface area contributed by atoms with Crippen LogP contribution in [0.25, 0.3) is 0 Å². The van der Waals surface area contributed by atoms with Gasteiger partial charge < -0.3 is 15.2 Å². The van der Waals surface area contributed by atoms with E-state index in [1.165, 1.54) is 18.5 Å². The molecule has 0 saturated carbocycles. The van der Waals surface area contributed by atoms with Crippen LogP contribution in [0.2, 0.25) is 0 Å². The Morgan fingerprint density at radius 3 is 2.67 bits per heavy atom. The number of amides is 1. The minimum absolute atomic E-state index is 0.0770. The van der Waals surface area contributed by atoms with Crippen molar-refractivity contribution >= 4 is 15.9 Å². The van der Waals surface area contributed by atoms with Gasteiger partial charge in [0.1, 0.15) is 12.1 Å². The van der Waals surface area contributed by atoms with Gasteiger partial charge in [-0.05, 0) is 43.2 Å². The van der Waals surface area contributed by atoms with Crippen LogP contribution in [0.1, 0.15) is 25.0 Å². The number of carbonyl (C=O) groups is 1. The van der Waals surface area contributed by atoms with Crippen molar-refractivity contribution < 1.29 is 27.4 Å². The minimum atomic E-state index is -3.90. The number of hydrogen-bond acceptors (Lipinski definition) is 7. The number of nitrogens with one attached hydrogen (secondary N) is 2. The Balaban J connectivity index is 1.53. The summed E-state index contributed by atoms with van der Waals surface area (Å²) in [6.45, 7) is -0.146. The maximum Gasteiger partial charge on any atom is 0.240 e. The van der Waals surface area contributed by atoms with Gasteiger partial charge in [0.25, 0.3) is 0 Å². The first-order chi connectivity index (χ1) is 14.4. The predicted octanol–water partition coefficient (Wildman–Crippen LogP) is 0.509. The number of carbonyl (C=O) groups excluding carboxylic acids is 1. The Morgan fingerprint density at radius 2 is 2.00 bits per heavy atom. The van der Waals surface area contributed by atoms with Crippen molar-refractivity contribution in [1.82, 2.24) is 20.0 Å². The average Bonchev–Trinajstić information content (AvgIpc) is 2.74. The van der Waals surface area contributed by atoms with E-state index < -0.39 is 40.7 Å². The van der Waals surface area contributed by atoms with Gasteiger partial charge in [0.15, 0.2) is 0 Å².